The third kappa shape index (κ3) is 0.923. The van der Waals surface area contributed by atoms with Crippen LogP contribution in [0.2, 0.25) is 0 Å². The summed E-state index contributed by atoms with van der Waals surface area (Å²) in [7, 11) is 0. The molecule has 2 nitrogen and oxygen atoms in total. The van der Waals surface area contributed by atoms with E-state index in [1.807, 2.05) is 0 Å². The molecule has 1 rings (SSSR count). The van der Waals surface area contributed by atoms with Gasteiger partial charge in [-0.15, -0.1) is 0 Å². The predicted octanol–water partition coefficient (Wildman–Crippen LogP) is 1.47. The number of phenols is 2. The molecule has 2 N–H and O–H groups in total. The summed E-state index contributed by atoms with van der Waals surface area (Å²) in [6.45, 7) is 7.06. The van der Waals surface area contributed by atoms with Gasteiger partial charge in [0.2, 0.25) is 0 Å². The molecule has 0 atom stereocenters. The Morgan fingerprint density at radius 2 is 1.90 bits per heavy atom. The van der Waals surface area contributed by atoms with Crippen LogP contribution < -0.4 is 0 Å². The number of phenolic OH excluding ortho intramolecular Hbond substituents is 2. The van der Waals surface area contributed by atoms with Crippen LogP contribution in [0.3, 0.4) is 0 Å². The van der Waals surface area contributed by atoms with Crippen molar-refractivity contribution in [1.29, 1.82) is 0 Å². The second-order valence-corrected chi connectivity index (χ2v) is 2.15. The zero-order valence-corrected chi connectivity index (χ0v) is 5.63. The molecule has 0 aliphatic carbocycles. The molecule has 2 heteroatoms. The maximum absolute atomic E-state index is 9.06. The Bertz CT molecular complexity index is 227. The highest BCUT2D eigenvalue weighted by Crippen LogP contribution is 2.29. The van der Waals surface area contributed by atoms with E-state index in [0.29, 0.717) is 11.1 Å². The Labute approximate surface area is 59.7 Å². The molecule has 0 unspecified atom stereocenters. The largest absolute Gasteiger partial charge is 0.504 e. The smallest absolute Gasteiger partial charge is 0.160 e. The molecule has 0 heterocycles. The van der Waals surface area contributed by atoms with Crippen LogP contribution in [0.15, 0.2) is 12.1 Å². The quantitative estimate of drug-likeness (QED) is 0.530. The van der Waals surface area contributed by atoms with Gasteiger partial charge in [0.1, 0.15) is 0 Å². The standard InChI is InChI=1S/C8H8O2/c1-5-3-4-7(9)8(10)6(5)2/h1,3-4,9-10H,2H3. The SMILES string of the molecule is [CH]c1ccc(O)c(O)c1C. The fraction of sp³-hybridized carbons (Fsp3) is 0.125. The fourth-order valence-electron chi connectivity index (χ4n) is 0.701. The van der Waals surface area contributed by atoms with Crippen molar-refractivity contribution >= 4 is 0 Å². The van der Waals surface area contributed by atoms with Crippen LogP contribution >= 0.6 is 0 Å². The first kappa shape index (κ1) is 6.93. The lowest BCUT2D eigenvalue weighted by Crippen LogP contribution is -1.80. The van der Waals surface area contributed by atoms with Crippen LogP contribution in [0.4, 0.5) is 0 Å². The van der Waals surface area contributed by atoms with Crippen LogP contribution in [0, 0.1) is 13.8 Å². The molecule has 0 saturated heterocycles. The van der Waals surface area contributed by atoms with Crippen molar-refractivity contribution in [3.8, 4) is 11.5 Å². The topological polar surface area (TPSA) is 40.5 Å². The van der Waals surface area contributed by atoms with Gasteiger partial charge in [-0.2, -0.15) is 0 Å². The number of benzene rings is 1. The second kappa shape index (κ2) is 2.21. The molecule has 0 aliphatic rings. The van der Waals surface area contributed by atoms with Gasteiger partial charge >= 0.3 is 0 Å². The average Bonchev–Trinajstić information content (AvgIpc) is 1.93. The number of hydrogen-bond donors (Lipinski definition) is 2. The number of rotatable bonds is 0. The molecule has 0 amide bonds. The Hall–Kier alpha value is -1.18. The highest BCUT2D eigenvalue weighted by molar-refractivity contribution is 5.48. The van der Waals surface area contributed by atoms with E-state index in [1.54, 1.807) is 13.0 Å². The Kier molecular flexibility index (Phi) is 1.53. The van der Waals surface area contributed by atoms with Gasteiger partial charge in [0, 0.05) is 0 Å². The first-order valence-electron chi connectivity index (χ1n) is 2.90. The Morgan fingerprint density at radius 1 is 1.30 bits per heavy atom. The van der Waals surface area contributed by atoms with Crippen molar-refractivity contribution < 1.29 is 10.2 Å². The summed E-state index contributed by atoms with van der Waals surface area (Å²) in [6, 6.07) is 2.90. The first-order valence-corrected chi connectivity index (χ1v) is 2.90. The Morgan fingerprint density at radius 3 is 2.40 bits per heavy atom. The van der Waals surface area contributed by atoms with Crippen molar-refractivity contribution in [2.24, 2.45) is 0 Å². The van der Waals surface area contributed by atoms with E-state index in [4.69, 9.17) is 17.1 Å². The highest BCUT2D eigenvalue weighted by atomic mass is 16.3. The maximum Gasteiger partial charge on any atom is 0.160 e. The summed E-state index contributed by atoms with van der Waals surface area (Å²) in [5.41, 5.74) is 0.996. The van der Waals surface area contributed by atoms with Gasteiger partial charge in [0.05, 0.1) is 0 Å². The van der Waals surface area contributed by atoms with Crippen molar-refractivity contribution in [2.75, 3.05) is 0 Å². The van der Waals surface area contributed by atoms with Gasteiger partial charge in [0.25, 0.3) is 0 Å². The lowest BCUT2D eigenvalue weighted by Gasteiger charge is -2.02. The molecule has 0 aliphatic heterocycles. The summed E-state index contributed by atoms with van der Waals surface area (Å²) in [4.78, 5) is 0. The lowest BCUT2D eigenvalue weighted by molar-refractivity contribution is 0.401. The molecule has 0 spiro atoms. The van der Waals surface area contributed by atoms with Gasteiger partial charge in [-0.1, -0.05) is 6.07 Å². The fourth-order valence-corrected chi connectivity index (χ4v) is 0.701. The number of aromatic hydroxyl groups is 2. The molecular formula is C8H8O2. The first-order chi connectivity index (χ1) is 4.63. The van der Waals surface area contributed by atoms with Crippen molar-refractivity contribution in [2.45, 2.75) is 6.92 Å². The van der Waals surface area contributed by atoms with Crippen LogP contribution in [-0.4, -0.2) is 10.2 Å². The minimum Gasteiger partial charge on any atom is -0.504 e. The third-order valence-electron chi connectivity index (χ3n) is 1.45. The van der Waals surface area contributed by atoms with Gasteiger partial charge in [-0.3, -0.25) is 0 Å². The summed E-state index contributed by atoms with van der Waals surface area (Å²) < 4.78 is 0. The summed E-state index contributed by atoms with van der Waals surface area (Å²) in [5, 5.41) is 18.0. The normalized spacial score (nSPS) is 9.80. The molecule has 10 heavy (non-hydrogen) atoms. The van der Waals surface area contributed by atoms with E-state index in [9.17, 15) is 0 Å². The van der Waals surface area contributed by atoms with Gasteiger partial charge in [-0.25, -0.2) is 0 Å². The summed E-state index contributed by atoms with van der Waals surface area (Å²) in [6.07, 6.45) is 0. The van der Waals surface area contributed by atoms with Gasteiger partial charge in [-0.05, 0) is 31.0 Å². The monoisotopic (exact) mass is 136 g/mol. The molecule has 1 aromatic rings. The van der Waals surface area contributed by atoms with Crippen LogP contribution in [-0.2, 0) is 0 Å². The van der Waals surface area contributed by atoms with Crippen molar-refractivity contribution in [3.05, 3.63) is 30.2 Å². The molecular weight excluding hydrogens is 128 g/mol. The molecule has 0 aromatic heterocycles. The lowest BCUT2D eigenvalue weighted by atomic mass is 10.1. The molecule has 52 valence electrons. The van der Waals surface area contributed by atoms with Gasteiger partial charge in [0.15, 0.2) is 11.5 Å². The molecule has 0 fully saturated rings. The molecule has 2 radical (unpaired) electrons. The third-order valence-corrected chi connectivity index (χ3v) is 1.45. The molecule has 0 saturated carbocycles. The van der Waals surface area contributed by atoms with E-state index >= 15 is 0 Å². The zero-order valence-electron chi connectivity index (χ0n) is 5.63. The van der Waals surface area contributed by atoms with E-state index in [0.717, 1.165) is 0 Å². The van der Waals surface area contributed by atoms with Crippen LogP contribution in [0.1, 0.15) is 11.1 Å². The zero-order chi connectivity index (χ0) is 7.72. The Balaban J connectivity index is 3.34. The summed E-state index contributed by atoms with van der Waals surface area (Å²) in [5.74, 6) is -0.272. The molecule has 0 bridgehead atoms. The number of hydrogen-bond acceptors (Lipinski definition) is 2. The highest BCUT2D eigenvalue weighted by Gasteiger charge is 2.03. The van der Waals surface area contributed by atoms with Crippen LogP contribution in [0.25, 0.3) is 0 Å². The van der Waals surface area contributed by atoms with E-state index < -0.39 is 0 Å². The predicted molar refractivity (Wildman–Crippen MR) is 37.9 cm³/mol. The van der Waals surface area contributed by atoms with E-state index in [2.05, 4.69) is 0 Å². The van der Waals surface area contributed by atoms with Crippen LogP contribution in [0.5, 0.6) is 11.5 Å². The van der Waals surface area contributed by atoms with Crippen molar-refractivity contribution in [1.82, 2.24) is 0 Å². The maximum atomic E-state index is 9.06. The van der Waals surface area contributed by atoms with Gasteiger partial charge < -0.3 is 10.2 Å². The second-order valence-electron chi connectivity index (χ2n) is 2.15. The minimum absolute atomic E-state index is 0.133. The minimum atomic E-state index is -0.139. The van der Waals surface area contributed by atoms with E-state index in [-0.39, 0.29) is 11.5 Å². The van der Waals surface area contributed by atoms with Crippen molar-refractivity contribution in [3.63, 3.8) is 0 Å². The summed E-state index contributed by atoms with van der Waals surface area (Å²) >= 11 is 0. The average molecular weight is 136 g/mol. The van der Waals surface area contributed by atoms with E-state index in [1.165, 1.54) is 6.07 Å². The molecule has 1 aromatic carbocycles.